The van der Waals surface area contributed by atoms with Gasteiger partial charge in [-0.05, 0) is 51.9 Å². The molecule has 1 heterocycles. The van der Waals surface area contributed by atoms with Crippen LogP contribution in [0.3, 0.4) is 0 Å². The van der Waals surface area contributed by atoms with Gasteiger partial charge in [-0.25, -0.2) is 0 Å². The van der Waals surface area contributed by atoms with E-state index in [4.69, 9.17) is 0 Å². The van der Waals surface area contributed by atoms with Crippen molar-refractivity contribution in [2.75, 3.05) is 59.9 Å². The van der Waals surface area contributed by atoms with Crippen molar-refractivity contribution in [1.29, 1.82) is 0 Å². The van der Waals surface area contributed by atoms with Crippen molar-refractivity contribution >= 4 is 5.96 Å². The maximum Gasteiger partial charge on any atom is 0.190 e. The van der Waals surface area contributed by atoms with Gasteiger partial charge in [-0.3, -0.25) is 4.99 Å². The second-order valence-electron chi connectivity index (χ2n) is 7.17. The van der Waals surface area contributed by atoms with Gasteiger partial charge in [0.2, 0.25) is 0 Å². The predicted octanol–water partition coefficient (Wildman–Crippen LogP) is 2.01. The monoisotopic (exact) mass is 325 g/mol. The van der Waals surface area contributed by atoms with Crippen LogP contribution in [0.15, 0.2) is 4.99 Å². The number of aliphatic imine (C=N–C) groups is 1. The second kappa shape index (κ2) is 12.6. The van der Waals surface area contributed by atoms with Crippen molar-refractivity contribution in [3.63, 3.8) is 0 Å². The smallest absolute Gasteiger partial charge is 0.190 e. The highest BCUT2D eigenvalue weighted by Gasteiger charge is 2.11. The standard InChI is InChI=1S/C18H39N5/c1-17(2)9-5-6-10-20-18(19-3)21-11-7-13-23-14-8-12-22(4)15-16-23/h17H,5-16H2,1-4H3,(H2,19,20,21). The maximum absolute atomic E-state index is 4.30. The van der Waals surface area contributed by atoms with Crippen LogP contribution in [0.4, 0.5) is 0 Å². The van der Waals surface area contributed by atoms with E-state index in [9.17, 15) is 0 Å². The first kappa shape index (κ1) is 20.2. The van der Waals surface area contributed by atoms with Crippen molar-refractivity contribution in [2.45, 2.75) is 46.0 Å². The van der Waals surface area contributed by atoms with E-state index in [0.29, 0.717) is 0 Å². The highest BCUT2D eigenvalue weighted by atomic mass is 15.2. The molecule has 0 amide bonds. The molecule has 1 aliphatic heterocycles. The molecule has 0 bridgehead atoms. The molecule has 23 heavy (non-hydrogen) atoms. The molecule has 1 fully saturated rings. The Kier molecular flexibility index (Phi) is 11.1. The molecule has 136 valence electrons. The fourth-order valence-electron chi connectivity index (χ4n) is 2.94. The summed E-state index contributed by atoms with van der Waals surface area (Å²) in [5.41, 5.74) is 0. The largest absolute Gasteiger partial charge is 0.356 e. The van der Waals surface area contributed by atoms with E-state index >= 15 is 0 Å². The number of nitrogens with one attached hydrogen (secondary N) is 2. The Bertz CT molecular complexity index is 317. The van der Waals surface area contributed by atoms with Crippen LogP contribution in [0.2, 0.25) is 0 Å². The molecule has 0 atom stereocenters. The Morgan fingerprint density at radius 2 is 1.74 bits per heavy atom. The lowest BCUT2D eigenvalue weighted by molar-refractivity contribution is 0.274. The topological polar surface area (TPSA) is 42.9 Å². The van der Waals surface area contributed by atoms with Crippen LogP contribution >= 0.6 is 0 Å². The summed E-state index contributed by atoms with van der Waals surface area (Å²) in [5, 5.41) is 6.85. The lowest BCUT2D eigenvalue weighted by Gasteiger charge is -2.20. The number of hydrogen-bond acceptors (Lipinski definition) is 3. The summed E-state index contributed by atoms with van der Waals surface area (Å²) >= 11 is 0. The zero-order valence-electron chi connectivity index (χ0n) is 15.9. The van der Waals surface area contributed by atoms with Crippen molar-refractivity contribution in [3.8, 4) is 0 Å². The minimum Gasteiger partial charge on any atom is -0.356 e. The van der Waals surface area contributed by atoms with E-state index in [-0.39, 0.29) is 0 Å². The third-order valence-electron chi connectivity index (χ3n) is 4.48. The molecular formula is C18H39N5. The molecule has 0 aromatic carbocycles. The Morgan fingerprint density at radius 3 is 2.43 bits per heavy atom. The number of rotatable bonds is 9. The third-order valence-corrected chi connectivity index (χ3v) is 4.48. The lowest BCUT2D eigenvalue weighted by atomic mass is 10.1. The number of guanidine groups is 1. The average molecular weight is 326 g/mol. The summed E-state index contributed by atoms with van der Waals surface area (Å²) < 4.78 is 0. The molecule has 5 heteroatoms. The van der Waals surface area contributed by atoms with E-state index in [0.717, 1.165) is 25.0 Å². The molecular weight excluding hydrogens is 286 g/mol. The molecule has 0 unspecified atom stereocenters. The van der Waals surface area contributed by atoms with Crippen LogP contribution in [0, 0.1) is 5.92 Å². The number of hydrogen-bond donors (Lipinski definition) is 2. The Morgan fingerprint density at radius 1 is 1.00 bits per heavy atom. The minimum absolute atomic E-state index is 0.811. The van der Waals surface area contributed by atoms with Crippen LogP contribution < -0.4 is 10.6 Å². The zero-order valence-corrected chi connectivity index (χ0v) is 15.9. The van der Waals surface area contributed by atoms with E-state index < -0.39 is 0 Å². The molecule has 0 radical (unpaired) electrons. The van der Waals surface area contributed by atoms with Crippen LogP contribution in [0.25, 0.3) is 0 Å². The van der Waals surface area contributed by atoms with Crippen LogP contribution in [0.5, 0.6) is 0 Å². The third kappa shape index (κ3) is 10.6. The van der Waals surface area contributed by atoms with E-state index in [1.54, 1.807) is 0 Å². The predicted molar refractivity (Wildman–Crippen MR) is 101 cm³/mol. The van der Waals surface area contributed by atoms with Gasteiger partial charge in [0, 0.05) is 33.2 Å². The van der Waals surface area contributed by atoms with Gasteiger partial charge >= 0.3 is 0 Å². The average Bonchev–Trinajstić information content (AvgIpc) is 2.73. The number of unbranched alkanes of at least 4 members (excludes halogenated alkanes) is 1. The zero-order chi connectivity index (χ0) is 16.9. The molecule has 0 aromatic rings. The normalized spacial score (nSPS) is 18.2. The van der Waals surface area contributed by atoms with Gasteiger partial charge in [-0.1, -0.05) is 26.7 Å². The first-order chi connectivity index (χ1) is 11.1. The summed E-state index contributed by atoms with van der Waals surface area (Å²) in [6.45, 7) is 12.7. The van der Waals surface area contributed by atoms with E-state index in [2.05, 4.69) is 46.3 Å². The second-order valence-corrected chi connectivity index (χ2v) is 7.17. The first-order valence-electron chi connectivity index (χ1n) is 9.47. The minimum atomic E-state index is 0.811. The lowest BCUT2D eigenvalue weighted by Crippen LogP contribution is -2.39. The molecule has 1 rings (SSSR count). The molecule has 5 nitrogen and oxygen atoms in total. The maximum atomic E-state index is 4.30. The van der Waals surface area contributed by atoms with Gasteiger partial charge in [0.05, 0.1) is 0 Å². The molecule has 2 N–H and O–H groups in total. The van der Waals surface area contributed by atoms with Crippen molar-refractivity contribution in [2.24, 2.45) is 10.9 Å². The summed E-state index contributed by atoms with van der Waals surface area (Å²) in [7, 11) is 4.08. The quantitative estimate of drug-likeness (QED) is 0.387. The SMILES string of the molecule is CN=C(NCCCCC(C)C)NCCCN1CCCN(C)CC1. The fraction of sp³-hybridized carbons (Fsp3) is 0.944. The Hall–Kier alpha value is -0.810. The summed E-state index contributed by atoms with van der Waals surface area (Å²) in [5.74, 6) is 1.76. The molecule has 0 aromatic heterocycles. The summed E-state index contributed by atoms with van der Waals surface area (Å²) in [6.07, 6.45) is 6.31. The van der Waals surface area contributed by atoms with Crippen LogP contribution in [-0.2, 0) is 0 Å². The van der Waals surface area contributed by atoms with Crippen LogP contribution in [-0.4, -0.2) is 75.7 Å². The van der Waals surface area contributed by atoms with Gasteiger partial charge in [0.15, 0.2) is 5.96 Å². The fourth-order valence-corrected chi connectivity index (χ4v) is 2.94. The highest BCUT2D eigenvalue weighted by molar-refractivity contribution is 5.79. The van der Waals surface area contributed by atoms with Crippen LogP contribution in [0.1, 0.15) is 46.0 Å². The molecule has 0 aliphatic carbocycles. The Labute approximate surface area is 143 Å². The molecule has 0 spiro atoms. The van der Waals surface area contributed by atoms with E-state index in [1.807, 2.05) is 7.05 Å². The van der Waals surface area contributed by atoms with Gasteiger partial charge in [0.25, 0.3) is 0 Å². The van der Waals surface area contributed by atoms with Gasteiger partial charge in [-0.2, -0.15) is 0 Å². The number of likely N-dealkylation sites (N-methyl/N-ethyl adjacent to an activating group) is 1. The number of nitrogens with zero attached hydrogens (tertiary/aromatic N) is 3. The first-order valence-corrected chi connectivity index (χ1v) is 9.47. The molecule has 0 saturated carbocycles. The van der Waals surface area contributed by atoms with Gasteiger partial charge in [-0.15, -0.1) is 0 Å². The molecule has 1 aliphatic rings. The Balaban J connectivity index is 2.04. The summed E-state index contributed by atoms with van der Waals surface area (Å²) in [4.78, 5) is 9.33. The van der Waals surface area contributed by atoms with Crippen molar-refractivity contribution < 1.29 is 0 Å². The van der Waals surface area contributed by atoms with Crippen molar-refractivity contribution in [3.05, 3.63) is 0 Å². The van der Waals surface area contributed by atoms with Crippen molar-refractivity contribution in [1.82, 2.24) is 20.4 Å². The van der Waals surface area contributed by atoms with Gasteiger partial charge < -0.3 is 20.4 Å². The molecule has 1 saturated heterocycles. The highest BCUT2D eigenvalue weighted by Crippen LogP contribution is 2.05. The summed E-state index contributed by atoms with van der Waals surface area (Å²) in [6, 6.07) is 0. The van der Waals surface area contributed by atoms with Gasteiger partial charge in [0.1, 0.15) is 0 Å². The van der Waals surface area contributed by atoms with E-state index in [1.165, 1.54) is 64.8 Å².